The summed E-state index contributed by atoms with van der Waals surface area (Å²) in [5.74, 6) is 0.689. The van der Waals surface area contributed by atoms with Crippen LogP contribution in [0.1, 0.15) is 5.69 Å². The lowest BCUT2D eigenvalue weighted by atomic mass is 10.5. The SMILES string of the molecule is Cc1c(N=C=O)oc2nccn12. The number of imidazole rings is 1. The van der Waals surface area contributed by atoms with Crippen LogP contribution in [0.5, 0.6) is 0 Å². The fourth-order valence-electron chi connectivity index (χ4n) is 1.03. The molecule has 0 bridgehead atoms. The summed E-state index contributed by atoms with van der Waals surface area (Å²) >= 11 is 0. The molecule has 0 N–H and O–H groups in total. The molecule has 0 spiro atoms. The van der Waals surface area contributed by atoms with Gasteiger partial charge in [0.2, 0.25) is 6.08 Å². The van der Waals surface area contributed by atoms with Crippen LogP contribution in [0.2, 0.25) is 0 Å². The number of carbonyl (C=O) groups excluding carboxylic acids is 1. The molecule has 60 valence electrons. The maximum Gasteiger partial charge on any atom is 0.307 e. The number of aromatic nitrogens is 2. The van der Waals surface area contributed by atoms with Crippen LogP contribution in [0, 0.1) is 6.92 Å². The first-order chi connectivity index (χ1) is 5.83. The van der Waals surface area contributed by atoms with Crippen LogP contribution in [-0.4, -0.2) is 15.5 Å². The lowest BCUT2D eigenvalue weighted by Gasteiger charge is -1.83. The van der Waals surface area contributed by atoms with Gasteiger partial charge < -0.3 is 4.42 Å². The molecule has 2 heterocycles. The minimum Gasteiger partial charge on any atom is -0.403 e. The van der Waals surface area contributed by atoms with E-state index in [2.05, 4.69) is 9.98 Å². The average molecular weight is 163 g/mol. The highest BCUT2D eigenvalue weighted by Crippen LogP contribution is 2.21. The molecule has 12 heavy (non-hydrogen) atoms. The van der Waals surface area contributed by atoms with Gasteiger partial charge >= 0.3 is 5.84 Å². The molecule has 0 aliphatic rings. The molecule has 2 aromatic rings. The number of nitrogens with zero attached hydrogens (tertiary/aromatic N) is 3. The van der Waals surface area contributed by atoms with Gasteiger partial charge in [0.1, 0.15) is 0 Å². The standard InChI is InChI=1S/C7H5N3O2/c1-5-6(9-4-11)12-7-8-2-3-10(5)7/h2-3H,1H3. The molecular formula is C7H5N3O2. The molecule has 5 nitrogen and oxygen atoms in total. The van der Waals surface area contributed by atoms with Crippen LogP contribution in [0.15, 0.2) is 21.8 Å². The Morgan fingerprint density at radius 1 is 1.75 bits per heavy atom. The molecule has 0 atom stereocenters. The first kappa shape index (κ1) is 6.82. The summed E-state index contributed by atoms with van der Waals surface area (Å²) in [6.45, 7) is 1.79. The summed E-state index contributed by atoms with van der Waals surface area (Å²) in [6.07, 6.45) is 4.76. The van der Waals surface area contributed by atoms with Gasteiger partial charge in [0, 0.05) is 12.4 Å². The predicted molar refractivity (Wildman–Crippen MR) is 40.0 cm³/mol. The fourth-order valence-corrected chi connectivity index (χ4v) is 1.03. The molecule has 0 aromatic carbocycles. The van der Waals surface area contributed by atoms with Crippen LogP contribution < -0.4 is 0 Å². The van der Waals surface area contributed by atoms with Gasteiger partial charge in [-0.3, -0.25) is 4.40 Å². The topological polar surface area (TPSA) is 59.9 Å². The number of fused-ring (bicyclic) bond motifs is 1. The van der Waals surface area contributed by atoms with E-state index in [0.717, 1.165) is 5.69 Å². The van der Waals surface area contributed by atoms with Crippen molar-refractivity contribution in [1.29, 1.82) is 0 Å². The predicted octanol–water partition coefficient (Wildman–Crippen LogP) is 1.20. The summed E-state index contributed by atoms with van der Waals surface area (Å²) in [4.78, 5) is 17.2. The van der Waals surface area contributed by atoms with E-state index in [1.165, 1.54) is 6.08 Å². The van der Waals surface area contributed by atoms with Crippen LogP contribution in [0.4, 0.5) is 5.88 Å². The summed E-state index contributed by atoms with van der Waals surface area (Å²) in [5.41, 5.74) is 0.742. The van der Waals surface area contributed by atoms with E-state index >= 15 is 0 Å². The molecule has 0 fully saturated rings. The zero-order chi connectivity index (χ0) is 8.55. The monoisotopic (exact) mass is 163 g/mol. The second-order valence-corrected chi connectivity index (χ2v) is 2.28. The second-order valence-electron chi connectivity index (χ2n) is 2.28. The lowest BCUT2D eigenvalue weighted by molar-refractivity contribution is 0.560. The Morgan fingerprint density at radius 2 is 2.58 bits per heavy atom. The van der Waals surface area contributed by atoms with E-state index in [-0.39, 0.29) is 5.88 Å². The van der Waals surface area contributed by atoms with Crippen LogP contribution in [0.3, 0.4) is 0 Å². The first-order valence-corrected chi connectivity index (χ1v) is 3.33. The summed E-state index contributed by atoms with van der Waals surface area (Å²) in [6, 6.07) is 0. The maximum atomic E-state index is 9.94. The van der Waals surface area contributed by atoms with Crippen molar-refractivity contribution in [3.63, 3.8) is 0 Å². The fraction of sp³-hybridized carbons (Fsp3) is 0.143. The van der Waals surface area contributed by atoms with E-state index in [4.69, 9.17) is 4.42 Å². The van der Waals surface area contributed by atoms with Crippen molar-refractivity contribution in [3.05, 3.63) is 18.1 Å². The van der Waals surface area contributed by atoms with Crippen molar-refractivity contribution >= 4 is 17.8 Å². The van der Waals surface area contributed by atoms with Gasteiger partial charge in [0.05, 0.1) is 5.69 Å². The first-order valence-electron chi connectivity index (χ1n) is 3.33. The number of rotatable bonds is 1. The highest BCUT2D eigenvalue weighted by Gasteiger charge is 2.08. The largest absolute Gasteiger partial charge is 0.403 e. The van der Waals surface area contributed by atoms with E-state index in [1.54, 1.807) is 23.7 Å². The third-order valence-corrected chi connectivity index (χ3v) is 1.61. The molecule has 0 unspecified atom stereocenters. The Hall–Kier alpha value is -1.87. The Bertz CT molecular complexity index is 462. The minimum atomic E-state index is 0.258. The molecule has 0 radical (unpaired) electrons. The van der Waals surface area contributed by atoms with Crippen LogP contribution in [-0.2, 0) is 4.79 Å². The minimum absolute atomic E-state index is 0.258. The molecule has 0 aliphatic carbocycles. The smallest absolute Gasteiger partial charge is 0.307 e. The molecule has 0 aliphatic heterocycles. The highest BCUT2D eigenvalue weighted by molar-refractivity contribution is 5.48. The van der Waals surface area contributed by atoms with Crippen LogP contribution in [0.25, 0.3) is 5.84 Å². The Balaban J connectivity index is 2.78. The summed E-state index contributed by atoms with van der Waals surface area (Å²) in [7, 11) is 0. The molecule has 0 amide bonds. The quantitative estimate of drug-likeness (QED) is 0.468. The second kappa shape index (κ2) is 2.32. The third kappa shape index (κ3) is 0.773. The van der Waals surface area contributed by atoms with E-state index in [9.17, 15) is 4.79 Å². The van der Waals surface area contributed by atoms with Gasteiger partial charge in [0.15, 0.2) is 0 Å². The molecule has 0 saturated heterocycles. The third-order valence-electron chi connectivity index (χ3n) is 1.61. The van der Waals surface area contributed by atoms with Crippen LogP contribution >= 0.6 is 0 Å². The average Bonchev–Trinajstić information content (AvgIpc) is 2.58. The van der Waals surface area contributed by atoms with Crippen molar-refractivity contribution in [2.45, 2.75) is 6.92 Å². The highest BCUT2D eigenvalue weighted by atomic mass is 16.4. The van der Waals surface area contributed by atoms with Gasteiger partial charge in [0.25, 0.3) is 5.88 Å². The van der Waals surface area contributed by atoms with Gasteiger partial charge in [-0.1, -0.05) is 0 Å². The van der Waals surface area contributed by atoms with E-state index in [0.29, 0.717) is 5.84 Å². The molecular weight excluding hydrogens is 158 g/mol. The van der Waals surface area contributed by atoms with Gasteiger partial charge in [-0.05, 0) is 6.92 Å². The molecule has 2 aromatic heterocycles. The molecule has 5 heteroatoms. The van der Waals surface area contributed by atoms with Gasteiger partial charge in [-0.25, -0.2) is 9.78 Å². The van der Waals surface area contributed by atoms with Crippen molar-refractivity contribution < 1.29 is 9.21 Å². The van der Waals surface area contributed by atoms with Crippen molar-refractivity contribution in [2.24, 2.45) is 4.99 Å². The zero-order valence-corrected chi connectivity index (χ0v) is 6.31. The van der Waals surface area contributed by atoms with Crippen molar-refractivity contribution in [1.82, 2.24) is 9.38 Å². The number of hydrogen-bond acceptors (Lipinski definition) is 4. The van der Waals surface area contributed by atoms with Crippen molar-refractivity contribution in [2.75, 3.05) is 0 Å². The Morgan fingerprint density at radius 3 is 3.25 bits per heavy atom. The van der Waals surface area contributed by atoms with E-state index < -0.39 is 0 Å². The number of aryl methyl sites for hydroxylation is 1. The summed E-state index contributed by atoms with van der Waals surface area (Å²) < 4.78 is 6.81. The number of isocyanates is 1. The van der Waals surface area contributed by atoms with E-state index in [1.807, 2.05) is 0 Å². The zero-order valence-electron chi connectivity index (χ0n) is 6.31. The normalized spacial score (nSPS) is 10.1. The Labute approximate surface area is 67.4 Å². The number of oxazole rings is 1. The lowest BCUT2D eigenvalue weighted by Crippen LogP contribution is -1.78. The number of hydrogen-bond donors (Lipinski definition) is 0. The van der Waals surface area contributed by atoms with Crippen molar-refractivity contribution in [3.8, 4) is 0 Å². The summed E-state index contributed by atoms with van der Waals surface area (Å²) in [5, 5.41) is 0. The maximum absolute atomic E-state index is 9.94. The Kier molecular flexibility index (Phi) is 1.32. The number of aliphatic imine (C=N–C) groups is 1. The van der Waals surface area contributed by atoms with Gasteiger partial charge in [-0.2, -0.15) is 0 Å². The molecule has 0 saturated carbocycles. The van der Waals surface area contributed by atoms with Gasteiger partial charge in [-0.15, -0.1) is 4.99 Å². The molecule has 2 rings (SSSR count).